The summed E-state index contributed by atoms with van der Waals surface area (Å²) in [5, 5.41) is 1.71. The van der Waals surface area contributed by atoms with E-state index in [2.05, 4.69) is 55.3 Å². The summed E-state index contributed by atoms with van der Waals surface area (Å²) >= 11 is 0. The molecule has 0 aliphatic carbocycles. The van der Waals surface area contributed by atoms with Gasteiger partial charge in [-0.3, -0.25) is 9.80 Å². The molecule has 0 aliphatic heterocycles. The Kier molecular flexibility index (Phi) is 7.21. The van der Waals surface area contributed by atoms with Gasteiger partial charge in [0.1, 0.15) is 0 Å². The number of hydrogen-bond donors (Lipinski definition) is 0. The molecule has 3 aromatic heterocycles. The van der Waals surface area contributed by atoms with E-state index in [0.29, 0.717) is 0 Å². The number of rotatable bonds is 6. The summed E-state index contributed by atoms with van der Waals surface area (Å²) in [6, 6.07) is 35.8. The Labute approximate surface area is 258 Å². The van der Waals surface area contributed by atoms with E-state index in [4.69, 9.17) is 14.4 Å². The van der Waals surface area contributed by atoms with Crippen molar-refractivity contribution in [2.75, 3.05) is 9.80 Å². The molecule has 4 aromatic carbocycles. The van der Waals surface area contributed by atoms with E-state index in [-0.39, 0.29) is 21.1 Å². The zero-order valence-corrected chi connectivity index (χ0v) is 25.9. The van der Waals surface area contributed by atoms with E-state index >= 15 is 0 Å². The molecule has 0 aliphatic rings. The average Bonchev–Trinajstić information content (AvgIpc) is 3.65. The number of aryl methyl sites for hydroxylation is 2. The minimum absolute atomic E-state index is 0. The van der Waals surface area contributed by atoms with Gasteiger partial charge in [-0.2, -0.15) is 22.9 Å². The molecule has 8 heteroatoms. The molecule has 0 atom stereocenters. The van der Waals surface area contributed by atoms with Crippen molar-refractivity contribution in [2.45, 2.75) is 13.8 Å². The van der Waals surface area contributed by atoms with Gasteiger partial charge in [0, 0.05) is 36.9 Å². The SMILES string of the molecule is Cc1cnc(N(c2[c-]c3c(cc2)oc2ccc(N(c4ccccc4)c4ncc(C)n4C)[c-]c23)c2ccccc2)n1C.[Pt+2]. The normalized spacial score (nSPS) is 11.1. The number of fused-ring (bicyclic) bond motifs is 3. The fraction of sp³-hybridized carbons (Fsp3) is 0.118. The minimum Gasteiger partial charge on any atom is -0.564 e. The predicted molar refractivity (Wildman–Crippen MR) is 164 cm³/mol. The van der Waals surface area contributed by atoms with Crippen molar-refractivity contribution in [3.05, 3.63) is 121 Å². The van der Waals surface area contributed by atoms with E-state index in [1.165, 1.54) is 0 Å². The first-order chi connectivity index (χ1) is 20.0. The van der Waals surface area contributed by atoms with Crippen LogP contribution in [0.4, 0.5) is 34.6 Å². The van der Waals surface area contributed by atoms with E-state index in [9.17, 15) is 0 Å². The van der Waals surface area contributed by atoms with Gasteiger partial charge in [-0.1, -0.05) is 36.4 Å². The number of para-hydroxylation sites is 2. The molecule has 0 amide bonds. The largest absolute Gasteiger partial charge is 2.00 e. The Morgan fingerprint density at radius 3 is 1.36 bits per heavy atom. The third-order valence-electron chi connectivity index (χ3n) is 7.56. The summed E-state index contributed by atoms with van der Waals surface area (Å²) in [7, 11) is 4.05. The Morgan fingerprint density at radius 2 is 1.00 bits per heavy atom. The predicted octanol–water partition coefficient (Wildman–Crippen LogP) is 8.21. The Balaban J connectivity index is 0.00000316. The first kappa shape index (κ1) is 27.6. The van der Waals surface area contributed by atoms with Gasteiger partial charge in [0.15, 0.2) is 0 Å². The number of nitrogens with zero attached hydrogens (tertiary/aromatic N) is 6. The molecule has 0 unspecified atom stereocenters. The summed E-state index contributed by atoms with van der Waals surface area (Å²) in [6.07, 6.45) is 3.77. The summed E-state index contributed by atoms with van der Waals surface area (Å²) in [6.45, 7) is 4.10. The topological polar surface area (TPSA) is 55.3 Å². The van der Waals surface area contributed by atoms with Crippen LogP contribution in [-0.4, -0.2) is 19.1 Å². The molecule has 42 heavy (non-hydrogen) atoms. The summed E-state index contributed by atoms with van der Waals surface area (Å²) < 4.78 is 10.4. The molecule has 7 aromatic rings. The molecule has 0 bridgehead atoms. The van der Waals surface area contributed by atoms with E-state index in [1.807, 2.05) is 101 Å². The molecule has 3 heterocycles. The van der Waals surface area contributed by atoms with Crippen LogP contribution in [0, 0.1) is 26.0 Å². The van der Waals surface area contributed by atoms with Crippen LogP contribution in [0.1, 0.15) is 11.4 Å². The average molecular weight is 732 g/mol. The third-order valence-corrected chi connectivity index (χ3v) is 7.56. The van der Waals surface area contributed by atoms with Crippen molar-refractivity contribution in [3.63, 3.8) is 0 Å². The fourth-order valence-electron chi connectivity index (χ4n) is 5.12. The van der Waals surface area contributed by atoms with Gasteiger partial charge in [0.25, 0.3) is 0 Å². The summed E-state index contributed by atoms with van der Waals surface area (Å²) in [5.41, 5.74) is 7.35. The molecule has 7 rings (SSSR count). The van der Waals surface area contributed by atoms with Crippen LogP contribution in [0.15, 0.2) is 102 Å². The van der Waals surface area contributed by atoms with Crippen molar-refractivity contribution in [2.24, 2.45) is 14.1 Å². The van der Waals surface area contributed by atoms with Gasteiger partial charge in [0.05, 0.1) is 12.4 Å². The first-order valence-electron chi connectivity index (χ1n) is 13.5. The van der Waals surface area contributed by atoms with Crippen molar-refractivity contribution in [1.29, 1.82) is 0 Å². The van der Waals surface area contributed by atoms with E-state index in [0.717, 1.165) is 68.0 Å². The number of benzene rings is 4. The van der Waals surface area contributed by atoms with Gasteiger partial charge in [-0.15, -0.1) is 24.3 Å². The fourth-order valence-corrected chi connectivity index (χ4v) is 5.12. The van der Waals surface area contributed by atoms with Crippen molar-refractivity contribution < 1.29 is 25.5 Å². The number of hydrogen-bond acceptors (Lipinski definition) is 5. The van der Waals surface area contributed by atoms with Crippen LogP contribution in [-0.2, 0) is 35.2 Å². The molecule has 0 fully saturated rings. The van der Waals surface area contributed by atoms with Crippen molar-refractivity contribution in [3.8, 4) is 0 Å². The molecular formula is C34H28N6OPt. The monoisotopic (exact) mass is 731 g/mol. The molecule has 210 valence electrons. The van der Waals surface area contributed by atoms with Crippen LogP contribution in [0.3, 0.4) is 0 Å². The number of anilines is 6. The Morgan fingerprint density at radius 1 is 0.595 bits per heavy atom. The molecule has 0 saturated heterocycles. The van der Waals surface area contributed by atoms with Gasteiger partial charge < -0.3 is 13.6 Å². The van der Waals surface area contributed by atoms with Gasteiger partial charge in [-0.05, 0) is 60.7 Å². The first-order valence-corrected chi connectivity index (χ1v) is 13.5. The Hall–Kier alpha value is -4.61. The van der Waals surface area contributed by atoms with Gasteiger partial charge in [-0.25, -0.2) is 9.97 Å². The number of aromatic nitrogens is 4. The second-order valence-electron chi connectivity index (χ2n) is 10.1. The zero-order valence-electron chi connectivity index (χ0n) is 23.6. The molecule has 0 spiro atoms. The number of imidazole rings is 2. The number of furan rings is 1. The second kappa shape index (κ2) is 11.0. The Bertz CT molecular complexity index is 1860. The summed E-state index contributed by atoms with van der Waals surface area (Å²) in [5.74, 6) is 1.62. The molecule has 0 saturated carbocycles. The van der Waals surface area contributed by atoms with Crippen LogP contribution >= 0.6 is 0 Å². The smallest absolute Gasteiger partial charge is 0.564 e. The minimum atomic E-state index is 0. The maximum atomic E-state index is 6.26. The maximum absolute atomic E-state index is 6.26. The van der Waals surface area contributed by atoms with E-state index < -0.39 is 0 Å². The van der Waals surface area contributed by atoms with Crippen molar-refractivity contribution >= 4 is 56.6 Å². The molecule has 0 N–H and O–H groups in total. The quantitative estimate of drug-likeness (QED) is 0.162. The van der Waals surface area contributed by atoms with E-state index in [1.54, 1.807) is 0 Å². The molecule has 0 radical (unpaired) electrons. The maximum Gasteiger partial charge on any atom is 2.00 e. The summed E-state index contributed by atoms with van der Waals surface area (Å²) in [4.78, 5) is 13.7. The van der Waals surface area contributed by atoms with Gasteiger partial charge >= 0.3 is 21.1 Å². The van der Waals surface area contributed by atoms with Gasteiger partial charge in [0.2, 0.25) is 11.9 Å². The van der Waals surface area contributed by atoms with Crippen LogP contribution < -0.4 is 9.80 Å². The van der Waals surface area contributed by atoms with Crippen LogP contribution in [0.5, 0.6) is 0 Å². The second-order valence-corrected chi connectivity index (χ2v) is 10.1. The molecule has 7 nitrogen and oxygen atoms in total. The van der Waals surface area contributed by atoms with Crippen molar-refractivity contribution in [1.82, 2.24) is 19.1 Å². The van der Waals surface area contributed by atoms with Crippen LogP contribution in [0.2, 0.25) is 0 Å². The molecular weight excluding hydrogens is 703 g/mol. The zero-order chi connectivity index (χ0) is 28.1. The van der Waals surface area contributed by atoms with Crippen LogP contribution in [0.25, 0.3) is 21.9 Å². The third kappa shape index (κ3) is 4.60. The standard InChI is InChI=1S/C34H28N6O.Pt/c1-23-21-35-33(37(23)3)39(25-11-7-5-8-12-25)27-15-17-31-29(19-27)30-20-28(16-18-32(30)41-31)40(26-13-9-6-10-14-26)34-36-22-24(2)38(34)4;/h5-18,21-22H,1-4H3;/q-2;+2.